The van der Waals surface area contributed by atoms with Gasteiger partial charge in [-0.2, -0.15) is 0 Å². The second-order valence-electron chi connectivity index (χ2n) is 6.83. The molecule has 132 valence electrons. The number of likely N-dealkylation sites (tertiary alicyclic amines) is 1. The van der Waals surface area contributed by atoms with Crippen LogP contribution in [0.5, 0.6) is 5.75 Å². The number of phenols is 1. The molecular weight excluding hydrogens is 361 g/mol. The van der Waals surface area contributed by atoms with Gasteiger partial charge < -0.3 is 15.0 Å². The van der Waals surface area contributed by atoms with Crippen LogP contribution in [0.15, 0.2) is 18.5 Å². The third-order valence-electron chi connectivity index (χ3n) is 5.33. The highest BCUT2D eigenvalue weighted by molar-refractivity contribution is 6.36. The Hall–Kier alpha value is -1.72. The summed E-state index contributed by atoms with van der Waals surface area (Å²) in [6.07, 6.45) is 5.76. The van der Waals surface area contributed by atoms with Gasteiger partial charge in [-0.25, -0.2) is 4.98 Å². The molecule has 0 bridgehead atoms. The molecule has 1 amide bonds. The number of rotatable bonds is 3. The summed E-state index contributed by atoms with van der Waals surface area (Å²) in [4.78, 5) is 22.5. The Morgan fingerprint density at radius 3 is 2.80 bits per heavy atom. The van der Waals surface area contributed by atoms with Crippen molar-refractivity contribution in [3.63, 3.8) is 0 Å². The average Bonchev–Trinajstić information content (AvgIpc) is 3.17. The number of amides is 1. The van der Waals surface area contributed by atoms with Crippen LogP contribution in [0.4, 0.5) is 0 Å². The number of fused-ring (bicyclic) bond motifs is 1. The number of benzene rings is 1. The number of aromatic nitrogens is 2. The van der Waals surface area contributed by atoms with Gasteiger partial charge in [0.05, 0.1) is 12.0 Å². The molecule has 0 radical (unpaired) electrons. The van der Waals surface area contributed by atoms with E-state index in [4.69, 9.17) is 23.2 Å². The van der Waals surface area contributed by atoms with E-state index in [1.54, 1.807) is 6.33 Å². The molecular formula is C18H19Cl2N3O2. The molecule has 2 aliphatic rings. The Morgan fingerprint density at radius 2 is 2.04 bits per heavy atom. The summed E-state index contributed by atoms with van der Waals surface area (Å²) < 4.78 is 0. The minimum Gasteiger partial charge on any atom is -0.508 e. The predicted octanol–water partition coefficient (Wildman–Crippen LogP) is 3.37. The number of carbonyl (C=O) groups is 1. The smallest absolute Gasteiger partial charge is 0.226 e. The first kappa shape index (κ1) is 16.7. The minimum absolute atomic E-state index is 0.0372. The van der Waals surface area contributed by atoms with Crippen LogP contribution in [0.25, 0.3) is 0 Å². The Labute approximate surface area is 156 Å². The highest BCUT2D eigenvalue weighted by Gasteiger charge is 2.38. The highest BCUT2D eigenvalue weighted by atomic mass is 35.5. The van der Waals surface area contributed by atoms with Crippen molar-refractivity contribution in [1.82, 2.24) is 14.9 Å². The van der Waals surface area contributed by atoms with Crippen LogP contribution in [-0.4, -0.2) is 38.5 Å². The number of nitrogens with one attached hydrogen (secondary N) is 1. The van der Waals surface area contributed by atoms with E-state index in [1.165, 1.54) is 17.8 Å². The average molecular weight is 380 g/mol. The van der Waals surface area contributed by atoms with Crippen molar-refractivity contribution in [2.24, 2.45) is 5.92 Å². The molecule has 2 N–H and O–H groups in total. The van der Waals surface area contributed by atoms with E-state index in [0.29, 0.717) is 16.5 Å². The van der Waals surface area contributed by atoms with E-state index in [-0.39, 0.29) is 23.6 Å². The molecule has 25 heavy (non-hydrogen) atoms. The van der Waals surface area contributed by atoms with Gasteiger partial charge in [0.2, 0.25) is 5.91 Å². The molecule has 0 saturated carbocycles. The summed E-state index contributed by atoms with van der Waals surface area (Å²) in [5.41, 5.74) is 3.01. The molecule has 0 spiro atoms. The zero-order valence-electron chi connectivity index (χ0n) is 13.6. The number of nitrogens with zero attached hydrogens (tertiary/aromatic N) is 2. The number of aromatic hydroxyl groups is 1. The predicted molar refractivity (Wildman–Crippen MR) is 96.1 cm³/mol. The van der Waals surface area contributed by atoms with Crippen molar-refractivity contribution < 1.29 is 9.90 Å². The van der Waals surface area contributed by atoms with Crippen molar-refractivity contribution >= 4 is 29.1 Å². The maximum absolute atomic E-state index is 12.9. The quantitative estimate of drug-likeness (QED) is 0.858. The van der Waals surface area contributed by atoms with Crippen molar-refractivity contribution in [3.8, 4) is 5.75 Å². The zero-order chi connectivity index (χ0) is 17.6. The van der Waals surface area contributed by atoms with Crippen LogP contribution >= 0.6 is 23.2 Å². The van der Waals surface area contributed by atoms with E-state index >= 15 is 0 Å². The molecule has 1 saturated heterocycles. The number of phenolic OH excluding ortho intramolecular Hbond substituents is 1. The second kappa shape index (κ2) is 6.54. The Kier molecular flexibility index (Phi) is 4.38. The van der Waals surface area contributed by atoms with Gasteiger partial charge >= 0.3 is 0 Å². The number of aryl methyl sites for hydroxylation is 1. The summed E-state index contributed by atoms with van der Waals surface area (Å²) >= 11 is 12.4. The van der Waals surface area contributed by atoms with Gasteiger partial charge in [-0.05, 0) is 43.4 Å². The van der Waals surface area contributed by atoms with Gasteiger partial charge in [0.1, 0.15) is 5.75 Å². The molecule has 5 nitrogen and oxygen atoms in total. The standard InChI is InChI=1S/C18H19Cl2N3O2/c19-14-7-12(24)8-15(20)13(14)5-10-3-4-23(18(10)25)11-1-2-16-17(6-11)22-9-21-16/h7-11,24H,1-6H2,(H,21,22). The lowest BCUT2D eigenvalue weighted by Gasteiger charge is -2.31. The molecule has 1 aliphatic heterocycles. The first-order valence-electron chi connectivity index (χ1n) is 8.51. The van der Waals surface area contributed by atoms with Gasteiger partial charge in [0, 0.05) is 40.7 Å². The Balaban J connectivity index is 1.47. The fourth-order valence-corrected chi connectivity index (χ4v) is 4.62. The summed E-state index contributed by atoms with van der Waals surface area (Å²) in [7, 11) is 0. The molecule has 2 aromatic rings. The number of hydrogen-bond acceptors (Lipinski definition) is 3. The number of aromatic amines is 1. The fourth-order valence-electron chi connectivity index (χ4n) is 3.99. The largest absolute Gasteiger partial charge is 0.508 e. The number of carbonyl (C=O) groups excluding carboxylic acids is 1. The number of halogens is 2. The summed E-state index contributed by atoms with van der Waals surface area (Å²) in [6, 6.07) is 3.17. The molecule has 7 heteroatoms. The van der Waals surface area contributed by atoms with E-state index in [0.717, 1.165) is 43.5 Å². The molecule has 2 atom stereocenters. The van der Waals surface area contributed by atoms with Crippen molar-refractivity contribution in [3.05, 3.63) is 45.5 Å². The maximum Gasteiger partial charge on any atom is 0.226 e. The summed E-state index contributed by atoms with van der Waals surface area (Å²) in [5, 5.41) is 10.4. The summed E-state index contributed by atoms with van der Waals surface area (Å²) in [6.45, 7) is 0.765. The fraction of sp³-hybridized carbons (Fsp3) is 0.444. The lowest BCUT2D eigenvalue weighted by molar-refractivity contribution is -0.133. The number of hydrogen-bond donors (Lipinski definition) is 2. The van der Waals surface area contributed by atoms with Gasteiger partial charge in [0.15, 0.2) is 0 Å². The third kappa shape index (κ3) is 3.11. The van der Waals surface area contributed by atoms with E-state index in [9.17, 15) is 9.90 Å². The first-order chi connectivity index (χ1) is 12.0. The van der Waals surface area contributed by atoms with Crippen LogP contribution in [0.1, 0.15) is 29.8 Å². The molecule has 2 heterocycles. The summed E-state index contributed by atoms with van der Waals surface area (Å²) in [5.74, 6) is 0.0967. The zero-order valence-corrected chi connectivity index (χ0v) is 15.1. The van der Waals surface area contributed by atoms with Gasteiger partial charge in [-0.1, -0.05) is 23.2 Å². The van der Waals surface area contributed by atoms with Crippen LogP contribution in [0.2, 0.25) is 10.0 Å². The Morgan fingerprint density at radius 1 is 1.28 bits per heavy atom. The number of H-pyrrole nitrogens is 1. The van der Waals surface area contributed by atoms with Crippen LogP contribution in [0, 0.1) is 5.92 Å². The lowest BCUT2D eigenvalue weighted by atomic mass is 9.94. The normalized spacial score (nSPS) is 23.1. The molecule has 1 aliphatic carbocycles. The van der Waals surface area contributed by atoms with Crippen molar-refractivity contribution in [2.75, 3.05) is 6.54 Å². The third-order valence-corrected chi connectivity index (χ3v) is 6.01. The van der Waals surface area contributed by atoms with Gasteiger partial charge in [-0.15, -0.1) is 0 Å². The first-order valence-corrected chi connectivity index (χ1v) is 9.27. The van der Waals surface area contributed by atoms with Gasteiger partial charge in [-0.3, -0.25) is 4.79 Å². The van der Waals surface area contributed by atoms with Gasteiger partial charge in [0.25, 0.3) is 0 Å². The van der Waals surface area contributed by atoms with E-state index in [2.05, 4.69) is 9.97 Å². The van der Waals surface area contributed by atoms with Crippen molar-refractivity contribution in [1.29, 1.82) is 0 Å². The molecule has 1 fully saturated rings. The maximum atomic E-state index is 12.9. The SMILES string of the molecule is O=C1C(Cc2c(Cl)cc(O)cc2Cl)CCN1C1CCc2[nH]cnc2C1. The number of imidazole rings is 1. The van der Waals surface area contributed by atoms with Crippen LogP contribution in [-0.2, 0) is 24.1 Å². The topological polar surface area (TPSA) is 69.2 Å². The monoisotopic (exact) mass is 379 g/mol. The molecule has 4 rings (SSSR count). The Bertz CT molecular complexity index is 797. The van der Waals surface area contributed by atoms with E-state index in [1.807, 2.05) is 4.90 Å². The lowest BCUT2D eigenvalue weighted by Crippen LogP contribution is -2.41. The van der Waals surface area contributed by atoms with E-state index < -0.39 is 0 Å². The minimum atomic E-state index is -0.111. The van der Waals surface area contributed by atoms with Crippen molar-refractivity contribution in [2.45, 2.75) is 38.1 Å². The van der Waals surface area contributed by atoms with Crippen LogP contribution < -0.4 is 0 Å². The second-order valence-corrected chi connectivity index (χ2v) is 7.65. The van der Waals surface area contributed by atoms with Crippen LogP contribution in [0.3, 0.4) is 0 Å². The molecule has 1 aromatic carbocycles. The molecule has 2 unspecified atom stereocenters. The molecule has 1 aromatic heterocycles. The highest BCUT2D eigenvalue weighted by Crippen LogP contribution is 2.35.